The highest BCUT2D eigenvalue weighted by atomic mass is 35.5. The summed E-state index contributed by atoms with van der Waals surface area (Å²) in [6, 6.07) is 5.02. The van der Waals surface area contributed by atoms with Crippen molar-refractivity contribution in [3.8, 4) is 0 Å². The predicted octanol–water partition coefficient (Wildman–Crippen LogP) is 4.00. The van der Waals surface area contributed by atoms with E-state index in [1.807, 2.05) is 6.92 Å². The van der Waals surface area contributed by atoms with E-state index in [9.17, 15) is 4.79 Å². The summed E-state index contributed by atoms with van der Waals surface area (Å²) in [5.41, 5.74) is 1.42. The number of amides is 1. The molecule has 2 rings (SSSR count). The Balaban J connectivity index is 2.43. The van der Waals surface area contributed by atoms with Gasteiger partial charge in [0, 0.05) is 5.02 Å². The molecule has 4 nitrogen and oxygen atoms in total. The summed E-state index contributed by atoms with van der Waals surface area (Å²) in [6.07, 6.45) is 1.75. The fourth-order valence-electron chi connectivity index (χ4n) is 2.10. The first-order chi connectivity index (χ1) is 9.58. The number of hydrogen-bond acceptors (Lipinski definition) is 3. The normalized spacial score (nSPS) is 17.2. The molecule has 0 unspecified atom stereocenters. The molecule has 1 amide bonds. The first-order valence-corrected chi connectivity index (χ1v) is 7.04. The molecule has 20 heavy (non-hydrogen) atoms. The van der Waals surface area contributed by atoms with Crippen molar-refractivity contribution in [3.05, 3.63) is 35.9 Å². The Hall–Kier alpha value is -1.59. The second kappa shape index (κ2) is 6.24. The number of carbonyl (C=O) groups is 1. The van der Waals surface area contributed by atoms with E-state index in [1.54, 1.807) is 23.1 Å². The molecule has 0 aromatic heterocycles. The summed E-state index contributed by atoms with van der Waals surface area (Å²) in [6.45, 7) is 5.65. The van der Waals surface area contributed by atoms with Gasteiger partial charge in [0.15, 0.2) is 0 Å². The van der Waals surface area contributed by atoms with Gasteiger partial charge in [-0.05, 0) is 24.6 Å². The van der Waals surface area contributed by atoms with Crippen LogP contribution in [0.5, 0.6) is 0 Å². The number of ether oxygens (including phenoxy) is 1. The molecule has 1 atom stereocenters. The quantitative estimate of drug-likeness (QED) is 0.677. The fraction of sp³-hybridized carbons (Fsp3) is 0.286. The standard InChI is InChI=1S/C14H15ClN2O2S/c1-3-7-19-14(18)17-11(4-2)13(20)16-10-6-5-9(15)8-12(10)17/h3,5-6,8,11H,1,4,7H2,2H3,(H,16,20)/t11-/m0/s1. The van der Waals surface area contributed by atoms with Crippen LogP contribution in [0.15, 0.2) is 30.9 Å². The molecule has 1 aromatic carbocycles. The van der Waals surface area contributed by atoms with Gasteiger partial charge in [0.05, 0.1) is 17.4 Å². The van der Waals surface area contributed by atoms with E-state index in [0.29, 0.717) is 22.1 Å². The minimum absolute atomic E-state index is 0.155. The van der Waals surface area contributed by atoms with Gasteiger partial charge in [-0.1, -0.05) is 43.4 Å². The SMILES string of the molecule is C=CCOC(=O)N1c2cc(Cl)ccc2NC(=S)[C@@H]1CC. The molecule has 0 saturated carbocycles. The highest BCUT2D eigenvalue weighted by Crippen LogP contribution is 2.36. The maximum absolute atomic E-state index is 12.3. The van der Waals surface area contributed by atoms with Crippen LogP contribution in [-0.4, -0.2) is 23.7 Å². The van der Waals surface area contributed by atoms with Crippen molar-refractivity contribution < 1.29 is 9.53 Å². The van der Waals surface area contributed by atoms with Gasteiger partial charge in [-0.15, -0.1) is 0 Å². The summed E-state index contributed by atoms with van der Waals surface area (Å²) in [5, 5.41) is 3.68. The molecule has 1 N–H and O–H groups in total. The third-order valence-corrected chi connectivity index (χ3v) is 3.61. The highest BCUT2D eigenvalue weighted by Gasteiger charge is 2.34. The minimum Gasteiger partial charge on any atom is -0.445 e. The number of fused-ring (bicyclic) bond motifs is 1. The Kier molecular flexibility index (Phi) is 4.62. The average Bonchev–Trinajstić information content (AvgIpc) is 2.43. The number of halogens is 1. The van der Waals surface area contributed by atoms with Crippen LogP contribution in [-0.2, 0) is 4.74 Å². The van der Waals surface area contributed by atoms with Crippen LogP contribution < -0.4 is 10.2 Å². The molecule has 1 aliphatic rings. The van der Waals surface area contributed by atoms with Crippen molar-refractivity contribution in [3.63, 3.8) is 0 Å². The van der Waals surface area contributed by atoms with Gasteiger partial charge in [0.25, 0.3) is 0 Å². The van der Waals surface area contributed by atoms with Gasteiger partial charge in [0.2, 0.25) is 0 Å². The number of anilines is 2. The van der Waals surface area contributed by atoms with Crippen LogP contribution in [0, 0.1) is 0 Å². The molecular weight excluding hydrogens is 296 g/mol. The van der Waals surface area contributed by atoms with E-state index < -0.39 is 6.09 Å². The largest absolute Gasteiger partial charge is 0.445 e. The van der Waals surface area contributed by atoms with Crippen LogP contribution in [0.2, 0.25) is 5.02 Å². The summed E-state index contributed by atoms with van der Waals surface area (Å²) in [4.78, 5) is 14.4. The average molecular weight is 311 g/mol. The number of carbonyl (C=O) groups excluding carboxylic acids is 1. The van der Waals surface area contributed by atoms with Gasteiger partial charge in [-0.2, -0.15) is 0 Å². The molecule has 1 heterocycles. The van der Waals surface area contributed by atoms with Gasteiger partial charge in [-0.3, -0.25) is 4.90 Å². The number of thiocarbonyl (C=S) groups is 1. The van der Waals surface area contributed by atoms with E-state index in [0.717, 1.165) is 5.69 Å². The van der Waals surface area contributed by atoms with E-state index in [1.165, 1.54) is 6.08 Å². The summed E-state index contributed by atoms with van der Waals surface area (Å²) in [7, 11) is 0. The molecule has 0 aliphatic carbocycles. The van der Waals surface area contributed by atoms with Crippen molar-refractivity contribution in [2.75, 3.05) is 16.8 Å². The van der Waals surface area contributed by atoms with E-state index in [-0.39, 0.29) is 12.6 Å². The van der Waals surface area contributed by atoms with E-state index in [4.69, 9.17) is 28.6 Å². The summed E-state index contributed by atoms with van der Waals surface area (Å²) < 4.78 is 5.15. The zero-order valence-electron chi connectivity index (χ0n) is 11.1. The third kappa shape index (κ3) is 2.78. The van der Waals surface area contributed by atoms with Crippen LogP contribution >= 0.6 is 23.8 Å². The maximum atomic E-state index is 12.3. The first kappa shape index (κ1) is 14.8. The zero-order chi connectivity index (χ0) is 14.7. The van der Waals surface area contributed by atoms with Crippen LogP contribution in [0.4, 0.5) is 16.2 Å². The smallest absolute Gasteiger partial charge is 0.415 e. The van der Waals surface area contributed by atoms with Crippen molar-refractivity contribution in [1.82, 2.24) is 0 Å². The van der Waals surface area contributed by atoms with Crippen LogP contribution in [0.1, 0.15) is 13.3 Å². The maximum Gasteiger partial charge on any atom is 0.415 e. The fourth-order valence-corrected chi connectivity index (χ4v) is 2.65. The van der Waals surface area contributed by atoms with Gasteiger partial charge in [0.1, 0.15) is 11.6 Å². The molecule has 0 fully saturated rings. The molecule has 0 radical (unpaired) electrons. The number of benzene rings is 1. The molecule has 0 spiro atoms. The zero-order valence-corrected chi connectivity index (χ0v) is 12.6. The third-order valence-electron chi connectivity index (χ3n) is 3.00. The topological polar surface area (TPSA) is 41.6 Å². The lowest BCUT2D eigenvalue weighted by Gasteiger charge is -2.36. The molecule has 0 saturated heterocycles. The Bertz CT molecular complexity index is 562. The highest BCUT2D eigenvalue weighted by molar-refractivity contribution is 7.80. The second-order valence-electron chi connectivity index (χ2n) is 4.31. The van der Waals surface area contributed by atoms with Gasteiger partial charge in [-0.25, -0.2) is 4.79 Å². The number of nitrogens with zero attached hydrogens (tertiary/aromatic N) is 1. The molecule has 6 heteroatoms. The molecule has 106 valence electrons. The minimum atomic E-state index is -0.455. The Morgan fingerprint density at radius 1 is 1.65 bits per heavy atom. The van der Waals surface area contributed by atoms with Gasteiger partial charge < -0.3 is 10.1 Å². The second-order valence-corrected chi connectivity index (χ2v) is 5.19. The lowest BCUT2D eigenvalue weighted by molar-refractivity contribution is 0.164. The number of rotatable bonds is 3. The lowest BCUT2D eigenvalue weighted by atomic mass is 10.1. The van der Waals surface area contributed by atoms with E-state index in [2.05, 4.69) is 11.9 Å². The van der Waals surface area contributed by atoms with Crippen molar-refractivity contribution >= 4 is 46.3 Å². The Labute approximate surface area is 128 Å². The van der Waals surface area contributed by atoms with Crippen molar-refractivity contribution in [1.29, 1.82) is 0 Å². The summed E-state index contributed by atoms with van der Waals surface area (Å²) in [5.74, 6) is 0. The van der Waals surface area contributed by atoms with Crippen molar-refractivity contribution in [2.24, 2.45) is 0 Å². The van der Waals surface area contributed by atoms with Gasteiger partial charge >= 0.3 is 6.09 Å². The predicted molar refractivity (Wildman–Crippen MR) is 85.8 cm³/mol. The molecule has 0 bridgehead atoms. The monoisotopic (exact) mass is 310 g/mol. The molecule has 1 aromatic rings. The summed E-state index contributed by atoms with van der Waals surface area (Å²) >= 11 is 11.4. The molecular formula is C14H15ClN2O2S. The number of nitrogens with one attached hydrogen (secondary N) is 1. The van der Waals surface area contributed by atoms with Crippen LogP contribution in [0.25, 0.3) is 0 Å². The lowest BCUT2D eigenvalue weighted by Crippen LogP contribution is -2.50. The van der Waals surface area contributed by atoms with Crippen molar-refractivity contribution in [2.45, 2.75) is 19.4 Å². The molecule has 1 aliphatic heterocycles. The Morgan fingerprint density at radius 2 is 2.40 bits per heavy atom. The first-order valence-electron chi connectivity index (χ1n) is 6.25. The number of hydrogen-bond donors (Lipinski definition) is 1. The van der Waals surface area contributed by atoms with Crippen LogP contribution in [0.3, 0.4) is 0 Å². The Morgan fingerprint density at radius 3 is 3.05 bits per heavy atom. The van der Waals surface area contributed by atoms with E-state index >= 15 is 0 Å².